The number of carbonyl (C=O) groups excluding carboxylic acids is 1. The Morgan fingerprint density at radius 2 is 2.00 bits per heavy atom. The zero-order valence-electron chi connectivity index (χ0n) is 19.1. The highest BCUT2D eigenvalue weighted by Gasteiger charge is 2.42. The molecule has 0 amide bonds. The van der Waals surface area contributed by atoms with E-state index in [-0.39, 0.29) is 11.4 Å². The van der Waals surface area contributed by atoms with Gasteiger partial charge >= 0.3 is 5.97 Å². The fourth-order valence-electron chi connectivity index (χ4n) is 5.92. The Morgan fingerprint density at radius 3 is 2.75 bits per heavy atom. The lowest BCUT2D eigenvalue weighted by molar-refractivity contribution is -0.142. The summed E-state index contributed by atoms with van der Waals surface area (Å²) in [6.07, 6.45) is 10.9. The van der Waals surface area contributed by atoms with E-state index in [1.807, 2.05) is 0 Å². The number of anilines is 1. The lowest BCUT2D eigenvalue weighted by Crippen LogP contribution is -2.33. The largest absolute Gasteiger partial charge is 0.469 e. The number of aromatic nitrogens is 2. The fraction of sp³-hybridized carbons (Fsp3) is 0.500. The molecule has 3 aliphatic rings. The van der Waals surface area contributed by atoms with E-state index in [9.17, 15) is 4.79 Å². The minimum absolute atomic E-state index is 0.0828. The zero-order chi connectivity index (χ0) is 22.5. The van der Waals surface area contributed by atoms with Crippen LogP contribution in [0, 0.1) is 5.92 Å². The van der Waals surface area contributed by atoms with Crippen LogP contribution >= 0.6 is 0 Å². The number of hydrogen-bond acceptors (Lipinski definition) is 6. The molecule has 1 aromatic carbocycles. The van der Waals surface area contributed by atoms with Crippen molar-refractivity contribution in [3.63, 3.8) is 0 Å². The number of carbonyl (C=O) groups is 1. The first-order valence-corrected chi connectivity index (χ1v) is 11.5. The maximum absolute atomic E-state index is 11.7. The smallest absolute Gasteiger partial charge is 0.305 e. The van der Waals surface area contributed by atoms with Crippen LogP contribution in [0.1, 0.15) is 74.6 Å². The van der Waals surface area contributed by atoms with Gasteiger partial charge in [-0.3, -0.25) is 4.79 Å². The van der Waals surface area contributed by atoms with E-state index < -0.39 is 5.60 Å². The van der Waals surface area contributed by atoms with Crippen molar-refractivity contribution in [3.8, 4) is 5.88 Å². The van der Waals surface area contributed by atoms with E-state index >= 15 is 0 Å². The Morgan fingerprint density at radius 1 is 1.22 bits per heavy atom. The normalized spacial score (nSPS) is 25.5. The number of aryl methyl sites for hydroxylation is 1. The molecular formula is C26H31N3O3. The molecule has 6 heteroatoms. The molecule has 1 saturated carbocycles. The molecule has 168 valence electrons. The molecule has 2 heterocycles. The Hall–Kier alpha value is -2.89. The Kier molecular flexibility index (Phi) is 4.99. The van der Waals surface area contributed by atoms with Gasteiger partial charge in [-0.15, -0.1) is 0 Å². The van der Waals surface area contributed by atoms with Crippen molar-refractivity contribution < 1.29 is 14.3 Å². The van der Waals surface area contributed by atoms with Crippen molar-refractivity contribution in [1.29, 1.82) is 0 Å². The van der Waals surface area contributed by atoms with E-state index in [2.05, 4.69) is 48.1 Å². The molecule has 1 spiro atoms. The number of fused-ring (bicyclic) bond motifs is 3. The van der Waals surface area contributed by atoms with Crippen molar-refractivity contribution in [2.45, 2.75) is 69.8 Å². The van der Waals surface area contributed by atoms with Crippen LogP contribution in [0.15, 0.2) is 24.5 Å². The van der Waals surface area contributed by atoms with Crippen molar-refractivity contribution in [1.82, 2.24) is 9.97 Å². The summed E-state index contributed by atoms with van der Waals surface area (Å²) >= 11 is 0. The van der Waals surface area contributed by atoms with Crippen LogP contribution < -0.4 is 10.5 Å². The Bertz CT molecular complexity index is 1100. The zero-order valence-corrected chi connectivity index (χ0v) is 19.1. The first-order valence-electron chi connectivity index (χ1n) is 11.5. The van der Waals surface area contributed by atoms with Gasteiger partial charge in [0.15, 0.2) is 0 Å². The molecule has 1 aromatic heterocycles. The molecular weight excluding hydrogens is 402 g/mol. The standard InChI is InChI=1S/C26H31N3O3/c1-25(2)21(14-19-23(27)28-15-29-24(19)32-25)17-4-5-20-18(13-17)8-11-26(20)9-6-16(7-10-26)12-22(30)31-3/h4-5,13-16H,6-12H2,1-3H3,(H2,27,28,29). The van der Waals surface area contributed by atoms with Gasteiger partial charge in [-0.2, -0.15) is 0 Å². The van der Waals surface area contributed by atoms with E-state index in [1.54, 1.807) is 0 Å². The SMILES string of the molecule is COC(=O)CC1CCC2(CCc3cc(C4=Cc5c(N)ncnc5OC4(C)C)ccc32)CC1. The van der Waals surface area contributed by atoms with Gasteiger partial charge in [0.1, 0.15) is 17.7 Å². The number of ether oxygens (including phenoxy) is 2. The highest BCUT2D eigenvalue weighted by atomic mass is 16.5. The molecule has 1 fully saturated rings. The number of nitrogens with two attached hydrogens (primary N) is 1. The molecule has 0 bridgehead atoms. The third kappa shape index (κ3) is 3.46. The summed E-state index contributed by atoms with van der Waals surface area (Å²) in [4.78, 5) is 20.1. The van der Waals surface area contributed by atoms with Gasteiger partial charge in [-0.05, 0) is 86.5 Å². The molecule has 0 atom stereocenters. The average molecular weight is 434 g/mol. The van der Waals surface area contributed by atoms with E-state index in [0.717, 1.165) is 43.2 Å². The third-order valence-corrected chi connectivity index (χ3v) is 7.77. The number of methoxy groups -OCH3 is 1. The minimum atomic E-state index is -0.510. The van der Waals surface area contributed by atoms with Crippen molar-refractivity contribution in [3.05, 3.63) is 46.8 Å². The Balaban J connectivity index is 1.42. The molecule has 6 nitrogen and oxygen atoms in total. The van der Waals surface area contributed by atoms with Gasteiger partial charge in [-0.1, -0.05) is 18.2 Å². The van der Waals surface area contributed by atoms with Gasteiger partial charge in [0, 0.05) is 12.0 Å². The van der Waals surface area contributed by atoms with Crippen LogP contribution in [0.4, 0.5) is 5.82 Å². The fourth-order valence-corrected chi connectivity index (χ4v) is 5.92. The second kappa shape index (κ2) is 7.61. The number of rotatable bonds is 3. The predicted molar refractivity (Wildman–Crippen MR) is 124 cm³/mol. The minimum Gasteiger partial charge on any atom is -0.469 e. The molecule has 2 aromatic rings. The van der Waals surface area contributed by atoms with Crippen LogP contribution in [0.5, 0.6) is 5.88 Å². The van der Waals surface area contributed by atoms with Gasteiger partial charge in [0.2, 0.25) is 5.88 Å². The summed E-state index contributed by atoms with van der Waals surface area (Å²) in [5.41, 5.74) is 11.8. The lowest BCUT2D eigenvalue weighted by atomic mass is 9.66. The first kappa shape index (κ1) is 21.0. The summed E-state index contributed by atoms with van der Waals surface area (Å²) in [6.45, 7) is 4.13. The summed E-state index contributed by atoms with van der Waals surface area (Å²) in [5.74, 6) is 1.34. The molecule has 2 aliphatic carbocycles. The number of esters is 1. The maximum atomic E-state index is 11.7. The van der Waals surface area contributed by atoms with Crippen molar-refractivity contribution in [2.24, 2.45) is 5.92 Å². The second-order valence-corrected chi connectivity index (χ2v) is 10.0. The number of benzene rings is 1. The highest BCUT2D eigenvalue weighted by Crippen LogP contribution is 2.51. The van der Waals surface area contributed by atoms with Gasteiger partial charge in [0.05, 0.1) is 12.7 Å². The lowest BCUT2D eigenvalue weighted by Gasteiger charge is -2.38. The summed E-state index contributed by atoms with van der Waals surface area (Å²) in [7, 11) is 1.48. The van der Waals surface area contributed by atoms with Crippen LogP contribution in [-0.2, 0) is 21.4 Å². The van der Waals surface area contributed by atoms with Crippen molar-refractivity contribution >= 4 is 23.4 Å². The molecule has 0 radical (unpaired) electrons. The van der Waals surface area contributed by atoms with Crippen LogP contribution in [-0.4, -0.2) is 28.6 Å². The molecule has 0 unspecified atom stereocenters. The summed E-state index contributed by atoms with van der Waals surface area (Å²) in [5, 5.41) is 0. The van der Waals surface area contributed by atoms with Gasteiger partial charge < -0.3 is 15.2 Å². The monoisotopic (exact) mass is 433 g/mol. The topological polar surface area (TPSA) is 87.3 Å². The number of nitrogen functional groups attached to an aromatic ring is 1. The van der Waals surface area contributed by atoms with Gasteiger partial charge in [-0.25, -0.2) is 9.97 Å². The molecule has 5 rings (SSSR count). The van der Waals surface area contributed by atoms with Crippen molar-refractivity contribution in [2.75, 3.05) is 12.8 Å². The summed E-state index contributed by atoms with van der Waals surface area (Å²) in [6, 6.07) is 6.90. The molecule has 2 N–H and O–H groups in total. The summed E-state index contributed by atoms with van der Waals surface area (Å²) < 4.78 is 11.1. The second-order valence-electron chi connectivity index (χ2n) is 10.0. The number of nitrogens with zero attached hydrogens (tertiary/aromatic N) is 2. The Labute approximate surface area is 189 Å². The van der Waals surface area contributed by atoms with Crippen LogP contribution in [0.2, 0.25) is 0 Å². The molecule has 32 heavy (non-hydrogen) atoms. The predicted octanol–water partition coefficient (Wildman–Crippen LogP) is 4.71. The maximum Gasteiger partial charge on any atom is 0.305 e. The van der Waals surface area contributed by atoms with Crippen LogP contribution in [0.25, 0.3) is 11.6 Å². The highest BCUT2D eigenvalue weighted by molar-refractivity contribution is 5.91. The van der Waals surface area contributed by atoms with Crippen LogP contribution in [0.3, 0.4) is 0 Å². The van der Waals surface area contributed by atoms with E-state index in [4.69, 9.17) is 15.2 Å². The first-order chi connectivity index (χ1) is 15.3. The number of hydrogen-bond donors (Lipinski definition) is 1. The average Bonchev–Trinajstić information content (AvgIpc) is 3.12. The molecule has 1 aliphatic heterocycles. The molecule has 0 saturated heterocycles. The third-order valence-electron chi connectivity index (χ3n) is 7.77. The quantitative estimate of drug-likeness (QED) is 0.706. The van der Waals surface area contributed by atoms with E-state index in [0.29, 0.717) is 24.0 Å². The van der Waals surface area contributed by atoms with E-state index in [1.165, 1.54) is 36.5 Å². The van der Waals surface area contributed by atoms with Gasteiger partial charge in [0.25, 0.3) is 0 Å².